The number of anilines is 1. The van der Waals surface area contributed by atoms with Gasteiger partial charge in [-0.2, -0.15) is 0 Å². The second kappa shape index (κ2) is 5.54. The van der Waals surface area contributed by atoms with Crippen LogP contribution in [0, 0.1) is 0 Å². The van der Waals surface area contributed by atoms with Crippen LogP contribution in [-0.2, 0) is 6.54 Å². The molecule has 2 N–H and O–H groups in total. The summed E-state index contributed by atoms with van der Waals surface area (Å²) in [5.74, 6) is 0.196. The first-order chi connectivity index (χ1) is 10.2. The minimum absolute atomic E-state index is 0.455. The molecule has 0 radical (unpaired) electrons. The number of benzene rings is 2. The molecule has 5 nitrogen and oxygen atoms in total. The van der Waals surface area contributed by atoms with Crippen molar-refractivity contribution in [1.29, 1.82) is 0 Å². The summed E-state index contributed by atoms with van der Waals surface area (Å²) >= 11 is 6.09. The van der Waals surface area contributed by atoms with Gasteiger partial charge in [0.25, 0.3) is 0 Å². The molecule has 0 saturated heterocycles. The molecule has 2 aromatic carbocycles. The molecular formula is C15H13ClN2O3. The molecule has 3 aromatic rings. The molecule has 0 aliphatic carbocycles. The van der Waals surface area contributed by atoms with E-state index in [4.69, 9.17) is 20.8 Å². The number of hydrogen-bond donors (Lipinski definition) is 2. The normalized spacial score (nSPS) is 10.8. The minimum atomic E-state index is -0.455. The van der Waals surface area contributed by atoms with E-state index in [1.54, 1.807) is 13.2 Å². The number of halogens is 1. The predicted molar refractivity (Wildman–Crippen MR) is 82.2 cm³/mol. The first-order valence-corrected chi connectivity index (χ1v) is 6.72. The Morgan fingerprint density at radius 1 is 1.29 bits per heavy atom. The van der Waals surface area contributed by atoms with Crippen molar-refractivity contribution in [1.82, 2.24) is 4.98 Å². The lowest BCUT2D eigenvalue weighted by atomic mass is 10.2. The fourth-order valence-corrected chi connectivity index (χ4v) is 2.37. The quantitative estimate of drug-likeness (QED) is 0.775. The second-order valence-corrected chi connectivity index (χ2v) is 4.96. The molecular weight excluding hydrogens is 292 g/mol. The van der Waals surface area contributed by atoms with Gasteiger partial charge in [0, 0.05) is 12.2 Å². The van der Waals surface area contributed by atoms with Gasteiger partial charge >= 0.3 is 5.76 Å². The highest BCUT2D eigenvalue weighted by Gasteiger charge is 2.04. The molecule has 0 aliphatic rings. The summed E-state index contributed by atoms with van der Waals surface area (Å²) in [6.07, 6.45) is 0. The molecule has 3 rings (SSSR count). The number of fused-ring (bicyclic) bond motifs is 1. The Morgan fingerprint density at radius 2 is 2.14 bits per heavy atom. The van der Waals surface area contributed by atoms with Gasteiger partial charge in [0.15, 0.2) is 5.58 Å². The highest BCUT2D eigenvalue weighted by Crippen LogP contribution is 2.25. The van der Waals surface area contributed by atoms with E-state index in [0.717, 1.165) is 11.3 Å². The van der Waals surface area contributed by atoms with Crippen molar-refractivity contribution in [2.75, 3.05) is 12.4 Å². The fraction of sp³-hybridized carbons (Fsp3) is 0.133. The van der Waals surface area contributed by atoms with E-state index < -0.39 is 5.76 Å². The number of H-pyrrole nitrogens is 1. The molecule has 108 valence electrons. The topological polar surface area (TPSA) is 67.3 Å². The van der Waals surface area contributed by atoms with Crippen molar-refractivity contribution in [3.05, 3.63) is 57.5 Å². The van der Waals surface area contributed by atoms with E-state index in [9.17, 15) is 4.79 Å². The summed E-state index contributed by atoms with van der Waals surface area (Å²) in [5.41, 5.74) is 3.11. The molecule has 0 unspecified atom stereocenters. The van der Waals surface area contributed by atoms with Crippen LogP contribution < -0.4 is 15.8 Å². The Bertz CT molecular complexity index is 838. The van der Waals surface area contributed by atoms with Gasteiger partial charge in [0.1, 0.15) is 5.75 Å². The minimum Gasteiger partial charge on any atom is -0.495 e. The van der Waals surface area contributed by atoms with Crippen molar-refractivity contribution < 1.29 is 9.15 Å². The number of ether oxygens (including phenoxy) is 1. The molecule has 0 aliphatic heterocycles. The largest absolute Gasteiger partial charge is 0.495 e. The van der Waals surface area contributed by atoms with Crippen molar-refractivity contribution in [2.45, 2.75) is 6.54 Å². The molecule has 6 heteroatoms. The number of nitrogens with one attached hydrogen (secondary N) is 2. The summed E-state index contributed by atoms with van der Waals surface area (Å²) < 4.78 is 10.1. The molecule has 0 bridgehead atoms. The second-order valence-electron chi connectivity index (χ2n) is 4.55. The van der Waals surface area contributed by atoms with E-state index in [0.29, 0.717) is 28.4 Å². The summed E-state index contributed by atoms with van der Waals surface area (Å²) in [6.45, 7) is 0.608. The lowest BCUT2D eigenvalue weighted by molar-refractivity contribution is 0.415. The molecule has 0 fully saturated rings. The fourth-order valence-electron chi connectivity index (χ4n) is 2.09. The van der Waals surface area contributed by atoms with Crippen LogP contribution in [0.3, 0.4) is 0 Å². The number of hydrogen-bond acceptors (Lipinski definition) is 4. The number of rotatable bonds is 4. The summed E-state index contributed by atoms with van der Waals surface area (Å²) in [7, 11) is 1.58. The van der Waals surface area contributed by atoms with Crippen LogP contribution in [0.15, 0.2) is 45.6 Å². The molecule has 1 heterocycles. The van der Waals surface area contributed by atoms with Crippen LogP contribution >= 0.6 is 11.6 Å². The van der Waals surface area contributed by atoms with Crippen LogP contribution in [0.25, 0.3) is 11.1 Å². The van der Waals surface area contributed by atoms with Gasteiger partial charge < -0.3 is 14.5 Å². The Balaban J connectivity index is 1.76. The van der Waals surface area contributed by atoms with E-state index in [1.165, 1.54) is 0 Å². The zero-order valence-electron chi connectivity index (χ0n) is 11.3. The first-order valence-electron chi connectivity index (χ1n) is 6.35. The summed E-state index contributed by atoms with van der Waals surface area (Å²) in [5, 5.41) is 3.84. The number of methoxy groups -OCH3 is 1. The maximum atomic E-state index is 11.1. The van der Waals surface area contributed by atoms with Gasteiger partial charge in [-0.05, 0) is 35.9 Å². The number of aromatic nitrogens is 1. The average molecular weight is 305 g/mol. The van der Waals surface area contributed by atoms with Gasteiger partial charge in [-0.3, -0.25) is 4.98 Å². The molecule has 0 spiro atoms. The van der Waals surface area contributed by atoms with Crippen LogP contribution in [0.1, 0.15) is 5.56 Å². The van der Waals surface area contributed by atoms with E-state index in [-0.39, 0.29) is 0 Å². The van der Waals surface area contributed by atoms with Crippen molar-refractivity contribution in [3.63, 3.8) is 0 Å². The smallest absolute Gasteiger partial charge is 0.417 e. The van der Waals surface area contributed by atoms with E-state index >= 15 is 0 Å². The molecule has 0 saturated carbocycles. The zero-order valence-corrected chi connectivity index (χ0v) is 12.0. The van der Waals surface area contributed by atoms with E-state index in [1.807, 2.05) is 30.3 Å². The average Bonchev–Trinajstić information content (AvgIpc) is 2.84. The Labute approximate surface area is 125 Å². The van der Waals surface area contributed by atoms with E-state index in [2.05, 4.69) is 10.3 Å². The van der Waals surface area contributed by atoms with Gasteiger partial charge in [-0.25, -0.2) is 4.79 Å². The Kier molecular flexibility index (Phi) is 3.58. The maximum Gasteiger partial charge on any atom is 0.417 e. The van der Waals surface area contributed by atoms with Crippen LogP contribution in [0.5, 0.6) is 5.75 Å². The SMILES string of the molecule is COc1ccc(CNc2ccc3oc(=O)[nH]c3c2)cc1Cl. The molecule has 0 amide bonds. The van der Waals surface area contributed by atoms with Gasteiger partial charge in [-0.15, -0.1) is 0 Å². The number of aromatic amines is 1. The zero-order chi connectivity index (χ0) is 14.8. The molecule has 21 heavy (non-hydrogen) atoms. The predicted octanol–water partition coefficient (Wildman–Crippen LogP) is 3.40. The highest BCUT2D eigenvalue weighted by atomic mass is 35.5. The number of oxazole rings is 1. The Hall–Kier alpha value is -2.40. The summed E-state index contributed by atoms with van der Waals surface area (Å²) in [6, 6.07) is 11.0. The van der Waals surface area contributed by atoms with Crippen LogP contribution in [0.2, 0.25) is 5.02 Å². The maximum absolute atomic E-state index is 11.1. The van der Waals surface area contributed by atoms with Crippen molar-refractivity contribution in [3.8, 4) is 5.75 Å². The van der Waals surface area contributed by atoms with Gasteiger partial charge in [0.2, 0.25) is 0 Å². The summed E-state index contributed by atoms with van der Waals surface area (Å²) in [4.78, 5) is 13.7. The van der Waals surface area contributed by atoms with Crippen molar-refractivity contribution >= 4 is 28.4 Å². The van der Waals surface area contributed by atoms with Crippen molar-refractivity contribution in [2.24, 2.45) is 0 Å². The van der Waals surface area contributed by atoms with Gasteiger partial charge in [-0.1, -0.05) is 17.7 Å². The Morgan fingerprint density at radius 3 is 2.90 bits per heavy atom. The van der Waals surface area contributed by atoms with Crippen LogP contribution in [0.4, 0.5) is 5.69 Å². The lowest BCUT2D eigenvalue weighted by Crippen LogP contribution is -1.99. The monoisotopic (exact) mass is 304 g/mol. The standard InChI is InChI=1S/C15H13ClN2O3/c1-20-13-4-2-9(6-11(13)16)8-17-10-3-5-14-12(7-10)18-15(19)21-14/h2-7,17H,8H2,1H3,(H,18,19). The first kappa shape index (κ1) is 13.6. The third-order valence-corrected chi connectivity index (χ3v) is 3.43. The highest BCUT2D eigenvalue weighted by molar-refractivity contribution is 6.32. The van der Waals surface area contributed by atoms with Crippen LogP contribution in [-0.4, -0.2) is 12.1 Å². The molecule has 0 atom stereocenters. The third-order valence-electron chi connectivity index (χ3n) is 3.13. The lowest BCUT2D eigenvalue weighted by Gasteiger charge is -2.08. The molecule has 1 aromatic heterocycles. The van der Waals surface area contributed by atoms with Gasteiger partial charge in [0.05, 0.1) is 17.6 Å². The third kappa shape index (κ3) is 2.87.